The summed E-state index contributed by atoms with van der Waals surface area (Å²) in [6.45, 7) is 6.56. The van der Waals surface area contributed by atoms with Gasteiger partial charge in [-0.3, -0.25) is 11.3 Å². The lowest BCUT2D eigenvalue weighted by atomic mass is 9.87. The van der Waals surface area contributed by atoms with E-state index < -0.39 is 0 Å². The van der Waals surface area contributed by atoms with Crippen molar-refractivity contribution in [3.05, 3.63) is 24.2 Å². The van der Waals surface area contributed by atoms with Gasteiger partial charge in [-0.1, -0.05) is 20.8 Å². The second-order valence-electron chi connectivity index (χ2n) is 3.80. The molecule has 1 rings (SSSR count). The third-order valence-corrected chi connectivity index (χ3v) is 2.66. The third-order valence-electron chi connectivity index (χ3n) is 2.66. The maximum absolute atomic E-state index is 5.51. The fraction of sp³-hybridized carbons (Fsp3) is 0.600. The summed E-state index contributed by atoms with van der Waals surface area (Å²) < 4.78 is 5.03. The van der Waals surface area contributed by atoms with Gasteiger partial charge in [0.2, 0.25) is 0 Å². The van der Waals surface area contributed by atoms with Gasteiger partial charge in [-0.05, 0) is 17.9 Å². The zero-order valence-electron chi connectivity index (χ0n) is 8.45. The number of hydrogen-bond acceptors (Lipinski definition) is 3. The molecule has 1 heterocycles. The van der Waals surface area contributed by atoms with Crippen molar-refractivity contribution in [2.45, 2.75) is 26.8 Å². The normalized spacial score (nSPS) is 16.1. The maximum Gasteiger partial charge on any atom is 0.0950 e. The summed E-state index contributed by atoms with van der Waals surface area (Å²) >= 11 is 0. The molecule has 2 atom stereocenters. The molecule has 0 saturated carbocycles. The molecule has 0 aliphatic heterocycles. The molecule has 0 fully saturated rings. The smallest absolute Gasteiger partial charge is 0.0950 e. The minimum Gasteiger partial charge on any atom is -0.472 e. The van der Waals surface area contributed by atoms with Crippen LogP contribution in [0.3, 0.4) is 0 Å². The number of rotatable bonds is 4. The average molecular weight is 182 g/mol. The lowest BCUT2D eigenvalue weighted by molar-refractivity contribution is 0.305. The molecule has 0 aromatic carbocycles. The standard InChI is InChI=1S/C10H18N2O/c1-7(2)8(3)10(12-11)9-4-5-13-6-9/h4-8,10,12H,11H2,1-3H3. The lowest BCUT2D eigenvalue weighted by Crippen LogP contribution is -2.34. The summed E-state index contributed by atoms with van der Waals surface area (Å²) in [6.07, 6.45) is 3.41. The summed E-state index contributed by atoms with van der Waals surface area (Å²) in [5, 5.41) is 0. The van der Waals surface area contributed by atoms with Gasteiger partial charge < -0.3 is 4.42 Å². The molecule has 74 valence electrons. The Bertz CT molecular complexity index is 231. The minimum atomic E-state index is 0.179. The molecule has 3 N–H and O–H groups in total. The van der Waals surface area contributed by atoms with Crippen molar-refractivity contribution in [1.29, 1.82) is 0 Å². The predicted octanol–water partition coefficient (Wildman–Crippen LogP) is 2.08. The van der Waals surface area contributed by atoms with Crippen molar-refractivity contribution in [3.8, 4) is 0 Å². The van der Waals surface area contributed by atoms with Crippen LogP contribution < -0.4 is 11.3 Å². The first kappa shape index (κ1) is 10.3. The zero-order chi connectivity index (χ0) is 9.84. The van der Waals surface area contributed by atoms with Gasteiger partial charge in [0.1, 0.15) is 0 Å². The van der Waals surface area contributed by atoms with E-state index in [1.54, 1.807) is 12.5 Å². The fourth-order valence-electron chi connectivity index (χ4n) is 1.39. The number of hydrogen-bond donors (Lipinski definition) is 2. The molecule has 0 radical (unpaired) electrons. The molecule has 3 nitrogen and oxygen atoms in total. The molecule has 0 bridgehead atoms. The van der Waals surface area contributed by atoms with Crippen molar-refractivity contribution >= 4 is 0 Å². The van der Waals surface area contributed by atoms with Gasteiger partial charge in [0.05, 0.1) is 18.6 Å². The second-order valence-corrected chi connectivity index (χ2v) is 3.80. The number of hydrazine groups is 1. The molecule has 0 spiro atoms. The molecule has 1 aromatic rings. The van der Waals surface area contributed by atoms with E-state index in [2.05, 4.69) is 26.2 Å². The summed E-state index contributed by atoms with van der Waals surface area (Å²) in [7, 11) is 0. The summed E-state index contributed by atoms with van der Waals surface area (Å²) in [5.74, 6) is 6.59. The van der Waals surface area contributed by atoms with Crippen molar-refractivity contribution < 1.29 is 4.42 Å². The van der Waals surface area contributed by atoms with Gasteiger partial charge in [-0.15, -0.1) is 0 Å². The number of nitrogens with two attached hydrogens (primary N) is 1. The largest absolute Gasteiger partial charge is 0.472 e. The molecular weight excluding hydrogens is 164 g/mol. The van der Waals surface area contributed by atoms with Crippen LogP contribution in [0.2, 0.25) is 0 Å². The molecule has 3 heteroatoms. The monoisotopic (exact) mass is 182 g/mol. The van der Waals surface area contributed by atoms with Gasteiger partial charge in [0, 0.05) is 5.56 Å². The van der Waals surface area contributed by atoms with E-state index in [0.717, 1.165) is 5.56 Å². The van der Waals surface area contributed by atoms with E-state index >= 15 is 0 Å². The van der Waals surface area contributed by atoms with E-state index in [1.807, 2.05) is 6.07 Å². The number of furan rings is 1. The molecule has 2 unspecified atom stereocenters. The Balaban J connectivity index is 2.74. The molecule has 0 aliphatic carbocycles. The van der Waals surface area contributed by atoms with Gasteiger partial charge in [0.25, 0.3) is 0 Å². The lowest BCUT2D eigenvalue weighted by Gasteiger charge is -2.25. The molecule has 13 heavy (non-hydrogen) atoms. The zero-order valence-corrected chi connectivity index (χ0v) is 8.45. The van der Waals surface area contributed by atoms with E-state index in [0.29, 0.717) is 11.8 Å². The quantitative estimate of drug-likeness (QED) is 0.553. The maximum atomic E-state index is 5.51. The van der Waals surface area contributed by atoms with Crippen LogP contribution in [0.5, 0.6) is 0 Å². The van der Waals surface area contributed by atoms with Crippen LogP contribution in [0.1, 0.15) is 32.4 Å². The summed E-state index contributed by atoms with van der Waals surface area (Å²) in [4.78, 5) is 0. The Labute approximate surface area is 79.3 Å². The van der Waals surface area contributed by atoms with E-state index in [-0.39, 0.29) is 6.04 Å². The van der Waals surface area contributed by atoms with Gasteiger partial charge >= 0.3 is 0 Å². The van der Waals surface area contributed by atoms with E-state index in [4.69, 9.17) is 10.3 Å². The van der Waals surface area contributed by atoms with E-state index in [1.165, 1.54) is 0 Å². The van der Waals surface area contributed by atoms with Gasteiger partial charge in [0.15, 0.2) is 0 Å². The van der Waals surface area contributed by atoms with Crippen molar-refractivity contribution in [3.63, 3.8) is 0 Å². The highest BCUT2D eigenvalue weighted by molar-refractivity contribution is 5.12. The van der Waals surface area contributed by atoms with Crippen LogP contribution >= 0.6 is 0 Å². The van der Waals surface area contributed by atoms with Crippen LogP contribution in [0, 0.1) is 11.8 Å². The first-order valence-corrected chi connectivity index (χ1v) is 4.65. The first-order chi connectivity index (χ1) is 6.16. The van der Waals surface area contributed by atoms with Crippen LogP contribution in [0.15, 0.2) is 23.0 Å². The van der Waals surface area contributed by atoms with E-state index in [9.17, 15) is 0 Å². The molecular formula is C10H18N2O. The van der Waals surface area contributed by atoms with Crippen LogP contribution in [0.25, 0.3) is 0 Å². The minimum absolute atomic E-state index is 0.179. The Hall–Kier alpha value is -0.800. The third kappa shape index (κ3) is 2.32. The molecule has 0 amide bonds. The Morgan fingerprint density at radius 2 is 2.08 bits per heavy atom. The highest BCUT2D eigenvalue weighted by atomic mass is 16.3. The molecule has 0 aliphatic rings. The Kier molecular flexibility index (Phi) is 3.51. The van der Waals surface area contributed by atoms with Gasteiger partial charge in [-0.25, -0.2) is 0 Å². The summed E-state index contributed by atoms with van der Waals surface area (Å²) in [6, 6.07) is 2.13. The highest BCUT2D eigenvalue weighted by Crippen LogP contribution is 2.26. The van der Waals surface area contributed by atoms with Crippen molar-refractivity contribution in [2.75, 3.05) is 0 Å². The second kappa shape index (κ2) is 4.44. The van der Waals surface area contributed by atoms with Crippen molar-refractivity contribution in [2.24, 2.45) is 17.7 Å². The Morgan fingerprint density at radius 1 is 1.38 bits per heavy atom. The van der Waals surface area contributed by atoms with Crippen LogP contribution in [-0.4, -0.2) is 0 Å². The molecule has 0 saturated heterocycles. The SMILES string of the molecule is CC(C)C(C)C(NN)c1ccoc1. The average Bonchev–Trinajstić information content (AvgIpc) is 2.58. The number of nitrogens with one attached hydrogen (secondary N) is 1. The molecule has 1 aromatic heterocycles. The Morgan fingerprint density at radius 3 is 2.46 bits per heavy atom. The summed E-state index contributed by atoms with van der Waals surface area (Å²) in [5.41, 5.74) is 3.94. The van der Waals surface area contributed by atoms with Gasteiger partial charge in [-0.2, -0.15) is 0 Å². The fourth-order valence-corrected chi connectivity index (χ4v) is 1.39. The highest BCUT2D eigenvalue weighted by Gasteiger charge is 2.21. The first-order valence-electron chi connectivity index (χ1n) is 4.65. The topological polar surface area (TPSA) is 51.2 Å². The van der Waals surface area contributed by atoms with Crippen LogP contribution in [-0.2, 0) is 0 Å². The predicted molar refractivity (Wildman–Crippen MR) is 52.8 cm³/mol. The van der Waals surface area contributed by atoms with Crippen molar-refractivity contribution in [1.82, 2.24) is 5.43 Å². The van der Waals surface area contributed by atoms with Crippen LogP contribution in [0.4, 0.5) is 0 Å².